The molecule has 0 radical (unpaired) electrons. The number of aromatic amines is 1. The number of halogens is 2. The van der Waals surface area contributed by atoms with E-state index in [0.29, 0.717) is 17.1 Å². The smallest absolute Gasteiger partial charge is 0.446 e. The van der Waals surface area contributed by atoms with Gasteiger partial charge in [-0.25, -0.2) is 18.5 Å². The molecule has 0 unspecified atom stereocenters. The summed E-state index contributed by atoms with van der Waals surface area (Å²) in [4.78, 5) is 22.6. The first kappa shape index (κ1) is 17.7. The number of benzene rings is 1. The Morgan fingerprint density at radius 2 is 2.31 bits per heavy atom. The van der Waals surface area contributed by atoms with Gasteiger partial charge in [-0.15, -0.1) is 0 Å². The third kappa shape index (κ3) is 3.59. The van der Waals surface area contributed by atoms with Crippen LogP contribution in [0.5, 0.6) is 0 Å². The molecular formula is C14H12BrFN6O4. The van der Waals surface area contributed by atoms with Gasteiger partial charge in [0.2, 0.25) is 0 Å². The number of carbonyl (C=O) groups is 1. The summed E-state index contributed by atoms with van der Waals surface area (Å²) in [6, 6.07) is 4.04. The van der Waals surface area contributed by atoms with Gasteiger partial charge in [-0.2, -0.15) is 5.10 Å². The SMILES string of the molecule is NC(=O)OCCNc1n[nH]cc1-c1noc(=O)n1-c1ccc(F)c(Br)c1. The van der Waals surface area contributed by atoms with Crippen LogP contribution in [0.2, 0.25) is 0 Å². The third-order valence-corrected chi connectivity index (χ3v) is 3.89. The second-order valence-corrected chi connectivity index (χ2v) is 5.80. The number of nitrogens with zero attached hydrogens (tertiary/aromatic N) is 3. The van der Waals surface area contributed by atoms with E-state index in [9.17, 15) is 14.0 Å². The molecule has 3 aromatic rings. The number of aromatic nitrogens is 4. The van der Waals surface area contributed by atoms with Gasteiger partial charge in [0.15, 0.2) is 11.6 Å². The molecule has 1 aromatic carbocycles. The van der Waals surface area contributed by atoms with Crippen molar-refractivity contribution in [1.82, 2.24) is 19.9 Å². The molecule has 0 fully saturated rings. The van der Waals surface area contributed by atoms with E-state index in [0.717, 1.165) is 0 Å². The zero-order valence-corrected chi connectivity index (χ0v) is 14.6. The van der Waals surface area contributed by atoms with Gasteiger partial charge in [0.1, 0.15) is 12.4 Å². The van der Waals surface area contributed by atoms with Gasteiger partial charge in [0, 0.05) is 6.20 Å². The average molecular weight is 427 g/mol. The fraction of sp³-hybridized carbons (Fsp3) is 0.143. The molecule has 0 aliphatic heterocycles. The number of amides is 1. The molecule has 0 atom stereocenters. The standard InChI is InChI=1S/C14H12BrFN6O4/c15-9-5-7(1-2-10(9)16)22-12(21-26-14(22)24)8-6-19-20-11(8)18-3-4-25-13(17)23/h1-2,5-6H,3-4H2,(H2,17,23)(H2,18,19,20). The minimum absolute atomic E-state index is 0.0260. The Morgan fingerprint density at radius 1 is 1.50 bits per heavy atom. The van der Waals surface area contributed by atoms with Crippen molar-refractivity contribution in [2.75, 3.05) is 18.5 Å². The molecule has 10 nitrogen and oxygen atoms in total. The maximum absolute atomic E-state index is 13.5. The highest BCUT2D eigenvalue weighted by molar-refractivity contribution is 9.10. The molecule has 2 heterocycles. The first-order chi connectivity index (χ1) is 12.5. The predicted molar refractivity (Wildman–Crippen MR) is 91.4 cm³/mol. The van der Waals surface area contributed by atoms with Crippen LogP contribution in [-0.4, -0.2) is 39.2 Å². The summed E-state index contributed by atoms with van der Waals surface area (Å²) in [5, 5.41) is 13.3. The molecule has 12 heteroatoms. The summed E-state index contributed by atoms with van der Waals surface area (Å²) in [7, 11) is 0. The third-order valence-electron chi connectivity index (χ3n) is 3.29. The Balaban J connectivity index is 1.92. The summed E-state index contributed by atoms with van der Waals surface area (Å²) < 4.78 is 24.2. The van der Waals surface area contributed by atoms with Gasteiger partial charge in [0.05, 0.1) is 22.3 Å². The van der Waals surface area contributed by atoms with E-state index in [1.54, 1.807) is 0 Å². The van der Waals surface area contributed by atoms with Crippen molar-refractivity contribution in [3.63, 3.8) is 0 Å². The van der Waals surface area contributed by atoms with Crippen LogP contribution in [0.1, 0.15) is 0 Å². The maximum Gasteiger partial charge on any atom is 0.446 e. The van der Waals surface area contributed by atoms with Gasteiger partial charge >= 0.3 is 11.8 Å². The van der Waals surface area contributed by atoms with Gasteiger partial charge < -0.3 is 15.8 Å². The number of nitrogens with two attached hydrogens (primary N) is 1. The Hall–Kier alpha value is -3.15. The number of nitrogens with one attached hydrogen (secondary N) is 2. The van der Waals surface area contributed by atoms with Gasteiger partial charge in [-0.1, -0.05) is 5.16 Å². The molecule has 0 aliphatic carbocycles. The summed E-state index contributed by atoms with van der Waals surface area (Å²) in [5.41, 5.74) is 5.66. The van der Waals surface area contributed by atoms with E-state index in [1.807, 2.05) is 0 Å². The fourth-order valence-corrected chi connectivity index (χ4v) is 2.55. The molecule has 0 aliphatic rings. The number of rotatable bonds is 6. The van der Waals surface area contributed by atoms with Crippen molar-refractivity contribution in [3.8, 4) is 17.1 Å². The Morgan fingerprint density at radius 3 is 3.04 bits per heavy atom. The first-order valence-electron chi connectivity index (χ1n) is 7.21. The van der Waals surface area contributed by atoms with Crippen LogP contribution in [-0.2, 0) is 4.74 Å². The van der Waals surface area contributed by atoms with Crippen LogP contribution in [0.4, 0.5) is 15.0 Å². The number of primary amides is 1. The van der Waals surface area contributed by atoms with Crippen molar-refractivity contribution < 1.29 is 18.4 Å². The van der Waals surface area contributed by atoms with Gasteiger partial charge in [-0.05, 0) is 34.1 Å². The van der Waals surface area contributed by atoms with Crippen LogP contribution < -0.4 is 16.8 Å². The van der Waals surface area contributed by atoms with E-state index < -0.39 is 17.7 Å². The predicted octanol–water partition coefficient (Wildman–Crippen LogP) is 1.62. The molecule has 0 saturated carbocycles. The molecule has 4 N–H and O–H groups in total. The highest BCUT2D eigenvalue weighted by Crippen LogP contribution is 2.27. The first-order valence-corrected chi connectivity index (χ1v) is 8.01. The van der Waals surface area contributed by atoms with Crippen LogP contribution in [0.25, 0.3) is 17.1 Å². The largest absolute Gasteiger partial charge is 0.448 e. The van der Waals surface area contributed by atoms with Crippen molar-refractivity contribution in [3.05, 3.63) is 45.2 Å². The van der Waals surface area contributed by atoms with Crippen LogP contribution in [0.15, 0.2) is 38.2 Å². The highest BCUT2D eigenvalue weighted by Gasteiger charge is 2.20. The fourth-order valence-electron chi connectivity index (χ4n) is 2.19. The molecule has 3 rings (SSSR count). The normalized spacial score (nSPS) is 10.7. The average Bonchev–Trinajstić information content (AvgIpc) is 3.20. The lowest BCUT2D eigenvalue weighted by molar-refractivity contribution is 0.161. The molecule has 1 amide bonds. The summed E-state index contributed by atoms with van der Waals surface area (Å²) in [6.07, 6.45) is 0.616. The lowest BCUT2D eigenvalue weighted by Crippen LogP contribution is -2.19. The number of hydrogen-bond acceptors (Lipinski definition) is 7. The number of carbonyl (C=O) groups excluding carboxylic acids is 1. The van der Waals surface area contributed by atoms with Crippen LogP contribution in [0, 0.1) is 5.82 Å². The van der Waals surface area contributed by atoms with Crippen LogP contribution >= 0.6 is 15.9 Å². The van der Waals surface area contributed by atoms with Crippen LogP contribution in [0.3, 0.4) is 0 Å². The maximum atomic E-state index is 13.5. The van der Waals surface area contributed by atoms with Crippen molar-refractivity contribution >= 4 is 27.8 Å². The quantitative estimate of drug-likeness (QED) is 0.508. The zero-order valence-electron chi connectivity index (χ0n) is 13.0. The summed E-state index contributed by atoms with van der Waals surface area (Å²) in [5.74, 6) is -0.718. The molecule has 0 spiro atoms. The number of ether oxygens (including phenoxy) is 1. The second kappa shape index (κ2) is 7.39. The zero-order chi connectivity index (χ0) is 18.7. The van der Waals surface area contributed by atoms with E-state index in [2.05, 4.69) is 41.3 Å². The molecule has 136 valence electrons. The highest BCUT2D eigenvalue weighted by atomic mass is 79.9. The lowest BCUT2D eigenvalue weighted by Gasteiger charge is -2.07. The van der Waals surface area contributed by atoms with Crippen molar-refractivity contribution in [2.45, 2.75) is 0 Å². The van der Waals surface area contributed by atoms with Gasteiger partial charge in [0.25, 0.3) is 0 Å². The van der Waals surface area contributed by atoms with E-state index in [-0.39, 0.29) is 23.4 Å². The molecule has 26 heavy (non-hydrogen) atoms. The van der Waals surface area contributed by atoms with Crippen molar-refractivity contribution in [2.24, 2.45) is 5.73 Å². The van der Waals surface area contributed by atoms with E-state index >= 15 is 0 Å². The minimum atomic E-state index is -0.888. The molecular weight excluding hydrogens is 415 g/mol. The summed E-state index contributed by atoms with van der Waals surface area (Å²) in [6.45, 7) is 0.253. The second-order valence-electron chi connectivity index (χ2n) is 4.95. The van der Waals surface area contributed by atoms with Gasteiger partial charge in [-0.3, -0.25) is 9.62 Å². The minimum Gasteiger partial charge on any atom is -0.448 e. The Bertz CT molecular complexity index is 997. The number of anilines is 1. The van der Waals surface area contributed by atoms with Crippen molar-refractivity contribution in [1.29, 1.82) is 0 Å². The van der Waals surface area contributed by atoms with E-state index in [1.165, 1.54) is 29.0 Å². The monoisotopic (exact) mass is 426 g/mol. The topological polar surface area (TPSA) is 141 Å². The number of hydrogen-bond donors (Lipinski definition) is 3. The molecule has 0 bridgehead atoms. The Kier molecular flexibility index (Phi) is 5.02. The molecule has 0 saturated heterocycles. The summed E-state index contributed by atoms with van der Waals surface area (Å²) >= 11 is 3.07. The number of H-pyrrole nitrogens is 1. The van der Waals surface area contributed by atoms with E-state index in [4.69, 9.17) is 10.3 Å². The lowest BCUT2D eigenvalue weighted by atomic mass is 10.2. The molecule has 2 aromatic heterocycles. The Labute approximate surface area is 153 Å².